The molecule has 5 nitrogen and oxygen atoms in total. The van der Waals surface area contributed by atoms with E-state index in [0.29, 0.717) is 18.5 Å². The van der Waals surface area contributed by atoms with E-state index in [1.807, 2.05) is 24.3 Å². The van der Waals surface area contributed by atoms with Gasteiger partial charge in [0, 0.05) is 30.9 Å². The standard InChI is InChI=1S/C16H14N2O3/c19-15(11-5-7-17-8-6-11)18-10-13-4-2-1-3-12(13)9-14(18)16(20)21/h1-8,14H,9-10H2,(H,20,21)/t14-/m0/s1. The monoisotopic (exact) mass is 282 g/mol. The molecule has 0 saturated heterocycles. The van der Waals surface area contributed by atoms with Gasteiger partial charge in [-0.25, -0.2) is 4.79 Å². The quantitative estimate of drug-likeness (QED) is 0.910. The number of carbonyl (C=O) groups excluding carboxylic acids is 1. The summed E-state index contributed by atoms with van der Waals surface area (Å²) >= 11 is 0. The highest BCUT2D eigenvalue weighted by Gasteiger charge is 2.34. The van der Waals surface area contributed by atoms with Gasteiger partial charge in [0.1, 0.15) is 6.04 Å². The fourth-order valence-electron chi connectivity index (χ4n) is 2.62. The van der Waals surface area contributed by atoms with E-state index in [4.69, 9.17) is 0 Å². The molecule has 2 aromatic rings. The number of amides is 1. The van der Waals surface area contributed by atoms with Crippen LogP contribution in [0, 0.1) is 0 Å². The van der Waals surface area contributed by atoms with Crippen molar-refractivity contribution in [2.45, 2.75) is 19.0 Å². The minimum atomic E-state index is -0.980. The van der Waals surface area contributed by atoms with Gasteiger partial charge in [0.05, 0.1) is 0 Å². The Bertz CT molecular complexity index is 685. The first-order chi connectivity index (χ1) is 10.2. The number of nitrogens with zero attached hydrogens (tertiary/aromatic N) is 2. The molecule has 0 fully saturated rings. The molecule has 5 heteroatoms. The molecule has 1 aromatic carbocycles. The summed E-state index contributed by atoms with van der Waals surface area (Å²) in [7, 11) is 0. The van der Waals surface area contributed by atoms with Crippen molar-refractivity contribution < 1.29 is 14.7 Å². The van der Waals surface area contributed by atoms with Crippen LogP contribution in [0.15, 0.2) is 48.8 Å². The predicted octanol–water partition coefficient (Wildman–Crippen LogP) is 1.73. The smallest absolute Gasteiger partial charge is 0.326 e. The van der Waals surface area contributed by atoms with Gasteiger partial charge in [-0.1, -0.05) is 24.3 Å². The van der Waals surface area contributed by atoms with Gasteiger partial charge in [0.25, 0.3) is 5.91 Å². The first-order valence-corrected chi connectivity index (χ1v) is 6.67. The molecule has 21 heavy (non-hydrogen) atoms. The van der Waals surface area contributed by atoms with E-state index < -0.39 is 12.0 Å². The lowest BCUT2D eigenvalue weighted by Gasteiger charge is -2.34. The zero-order valence-corrected chi connectivity index (χ0v) is 11.3. The number of carbonyl (C=O) groups is 2. The minimum absolute atomic E-state index is 0.278. The summed E-state index contributed by atoms with van der Waals surface area (Å²) in [4.78, 5) is 29.4. The number of pyridine rings is 1. The number of hydrogen-bond acceptors (Lipinski definition) is 3. The number of carboxylic acids is 1. The average Bonchev–Trinajstić information content (AvgIpc) is 2.53. The van der Waals surface area contributed by atoms with Crippen LogP contribution in [0.4, 0.5) is 0 Å². The Morgan fingerprint density at radius 1 is 1.10 bits per heavy atom. The third kappa shape index (κ3) is 2.50. The normalized spacial score (nSPS) is 17.1. The zero-order chi connectivity index (χ0) is 14.8. The fraction of sp³-hybridized carbons (Fsp3) is 0.188. The van der Waals surface area contributed by atoms with E-state index in [0.717, 1.165) is 11.1 Å². The van der Waals surface area contributed by atoms with Crippen LogP contribution in [0.5, 0.6) is 0 Å². The molecule has 0 bridgehead atoms. The van der Waals surface area contributed by atoms with E-state index in [-0.39, 0.29) is 5.91 Å². The van der Waals surface area contributed by atoms with E-state index >= 15 is 0 Å². The third-order valence-corrected chi connectivity index (χ3v) is 3.72. The summed E-state index contributed by atoms with van der Waals surface area (Å²) in [6.45, 7) is 0.314. The van der Waals surface area contributed by atoms with Crippen molar-refractivity contribution in [1.29, 1.82) is 0 Å². The lowest BCUT2D eigenvalue weighted by atomic mass is 9.93. The molecule has 0 saturated carbocycles. The Morgan fingerprint density at radius 2 is 1.76 bits per heavy atom. The molecule has 1 N–H and O–H groups in total. The van der Waals surface area contributed by atoms with Crippen LogP contribution in [0.25, 0.3) is 0 Å². The number of hydrogen-bond donors (Lipinski definition) is 1. The molecule has 106 valence electrons. The molecule has 1 atom stereocenters. The average molecular weight is 282 g/mol. The maximum atomic E-state index is 12.6. The zero-order valence-electron chi connectivity index (χ0n) is 11.3. The van der Waals surface area contributed by atoms with Crippen molar-refractivity contribution in [2.24, 2.45) is 0 Å². The fourth-order valence-corrected chi connectivity index (χ4v) is 2.62. The van der Waals surface area contributed by atoms with Crippen LogP contribution in [0.1, 0.15) is 21.5 Å². The molecule has 1 amide bonds. The molecule has 0 radical (unpaired) electrons. The van der Waals surface area contributed by atoms with Crippen molar-refractivity contribution in [3.63, 3.8) is 0 Å². The number of rotatable bonds is 2. The van der Waals surface area contributed by atoms with Crippen LogP contribution in [0.2, 0.25) is 0 Å². The highest BCUT2D eigenvalue weighted by atomic mass is 16.4. The Kier molecular flexibility index (Phi) is 3.39. The van der Waals surface area contributed by atoms with Crippen LogP contribution in [0.3, 0.4) is 0 Å². The molecule has 3 rings (SSSR count). The van der Waals surface area contributed by atoms with Gasteiger partial charge < -0.3 is 10.0 Å². The Morgan fingerprint density at radius 3 is 2.43 bits per heavy atom. The Balaban J connectivity index is 1.96. The van der Waals surface area contributed by atoms with Crippen molar-refractivity contribution in [3.8, 4) is 0 Å². The van der Waals surface area contributed by atoms with Crippen LogP contribution in [-0.2, 0) is 17.8 Å². The van der Waals surface area contributed by atoms with E-state index in [2.05, 4.69) is 4.98 Å². The number of aromatic nitrogens is 1. The molecule has 0 unspecified atom stereocenters. The van der Waals surface area contributed by atoms with Crippen molar-refractivity contribution >= 4 is 11.9 Å². The van der Waals surface area contributed by atoms with E-state index in [1.54, 1.807) is 12.1 Å². The van der Waals surface area contributed by atoms with Crippen molar-refractivity contribution in [2.75, 3.05) is 0 Å². The summed E-state index contributed by atoms with van der Waals surface area (Å²) in [5.41, 5.74) is 2.44. The maximum absolute atomic E-state index is 12.6. The van der Waals surface area contributed by atoms with Crippen LogP contribution in [-0.4, -0.2) is 32.9 Å². The SMILES string of the molecule is O=C(O)[C@@H]1Cc2ccccc2CN1C(=O)c1ccncc1. The van der Waals surface area contributed by atoms with Gasteiger partial charge in [-0.15, -0.1) is 0 Å². The molecule has 1 aliphatic heterocycles. The molecule has 0 aliphatic carbocycles. The third-order valence-electron chi connectivity index (χ3n) is 3.72. The number of carboxylic acid groups (broad SMARTS) is 1. The highest BCUT2D eigenvalue weighted by molar-refractivity contribution is 5.96. The predicted molar refractivity (Wildman–Crippen MR) is 75.7 cm³/mol. The molecule has 1 aliphatic rings. The van der Waals surface area contributed by atoms with Crippen molar-refractivity contribution in [1.82, 2.24) is 9.88 Å². The number of benzene rings is 1. The van der Waals surface area contributed by atoms with Crippen LogP contribution >= 0.6 is 0 Å². The highest BCUT2D eigenvalue weighted by Crippen LogP contribution is 2.25. The molecular weight excluding hydrogens is 268 g/mol. The summed E-state index contributed by atoms with van der Waals surface area (Å²) in [5.74, 6) is -1.26. The molecular formula is C16H14N2O3. The largest absolute Gasteiger partial charge is 0.480 e. The first-order valence-electron chi connectivity index (χ1n) is 6.67. The summed E-state index contributed by atoms with van der Waals surface area (Å²) in [5, 5.41) is 9.42. The second-order valence-corrected chi connectivity index (χ2v) is 5.00. The second kappa shape index (κ2) is 5.36. The summed E-state index contributed by atoms with van der Waals surface area (Å²) < 4.78 is 0. The van der Waals surface area contributed by atoms with Gasteiger partial charge in [0.15, 0.2) is 0 Å². The van der Waals surface area contributed by atoms with Gasteiger partial charge in [0.2, 0.25) is 0 Å². The van der Waals surface area contributed by atoms with Gasteiger partial charge in [-0.05, 0) is 23.3 Å². The lowest BCUT2D eigenvalue weighted by Crippen LogP contribution is -2.48. The summed E-state index contributed by atoms with van der Waals surface area (Å²) in [6, 6.07) is 10.00. The molecule has 2 heterocycles. The Labute approximate surface area is 121 Å². The number of aliphatic carboxylic acids is 1. The van der Waals surface area contributed by atoms with Gasteiger partial charge >= 0.3 is 5.97 Å². The minimum Gasteiger partial charge on any atom is -0.480 e. The van der Waals surface area contributed by atoms with Gasteiger partial charge in [-0.3, -0.25) is 9.78 Å². The van der Waals surface area contributed by atoms with E-state index in [9.17, 15) is 14.7 Å². The topological polar surface area (TPSA) is 70.5 Å². The van der Waals surface area contributed by atoms with Crippen molar-refractivity contribution in [3.05, 3.63) is 65.5 Å². The van der Waals surface area contributed by atoms with Gasteiger partial charge in [-0.2, -0.15) is 0 Å². The van der Waals surface area contributed by atoms with E-state index in [1.165, 1.54) is 17.3 Å². The summed E-state index contributed by atoms with van der Waals surface area (Å²) in [6.07, 6.45) is 3.39. The van der Waals surface area contributed by atoms with Crippen LogP contribution < -0.4 is 0 Å². The number of fused-ring (bicyclic) bond motifs is 1. The molecule has 1 aromatic heterocycles. The lowest BCUT2D eigenvalue weighted by molar-refractivity contribution is -0.142. The first kappa shape index (κ1) is 13.3. The Hall–Kier alpha value is -2.69. The second-order valence-electron chi connectivity index (χ2n) is 5.00. The molecule has 0 spiro atoms. The maximum Gasteiger partial charge on any atom is 0.326 e.